The molecule has 0 fully saturated rings. The summed E-state index contributed by atoms with van der Waals surface area (Å²) in [5.41, 5.74) is 8.83. The van der Waals surface area contributed by atoms with E-state index in [0.717, 1.165) is 63.5 Å². The molecule has 0 saturated carbocycles. The van der Waals surface area contributed by atoms with Gasteiger partial charge in [-0.2, -0.15) is 0 Å². The number of thiol groups is 1. The van der Waals surface area contributed by atoms with Crippen LogP contribution in [0.2, 0.25) is 0 Å². The molecule has 0 aliphatic carbocycles. The molecule has 10 heteroatoms. The Morgan fingerprint density at radius 2 is 1.26 bits per heavy atom. The van der Waals surface area contributed by atoms with Gasteiger partial charge in [-0.15, -0.1) is 0 Å². The second-order valence-corrected chi connectivity index (χ2v) is 12.0. The molecule has 3 N–H and O–H groups in total. The summed E-state index contributed by atoms with van der Waals surface area (Å²) in [5, 5.41) is 0. The fourth-order valence-electron chi connectivity index (χ4n) is 4.67. The van der Waals surface area contributed by atoms with Gasteiger partial charge in [0.25, 0.3) is 0 Å². The van der Waals surface area contributed by atoms with Crippen LogP contribution in [-0.4, -0.2) is 44.8 Å². The van der Waals surface area contributed by atoms with Gasteiger partial charge in [0.1, 0.15) is 18.1 Å². The molecule has 3 aromatic rings. The number of hydrogen-bond acceptors (Lipinski definition) is 8. The van der Waals surface area contributed by atoms with Crippen LogP contribution in [0.5, 0.6) is 11.5 Å². The zero-order valence-corrected chi connectivity index (χ0v) is 26.5. The third-order valence-corrected chi connectivity index (χ3v) is 7.77. The van der Waals surface area contributed by atoms with E-state index in [2.05, 4.69) is 64.9 Å². The molecule has 0 radical (unpaired) electrons. The van der Waals surface area contributed by atoms with Crippen molar-refractivity contribution in [2.24, 2.45) is 5.73 Å². The predicted molar refractivity (Wildman–Crippen MR) is 171 cm³/mol. The molecule has 1 aromatic heterocycles. The lowest BCUT2D eigenvalue weighted by atomic mass is 9.78. The summed E-state index contributed by atoms with van der Waals surface area (Å²) < 4.78 is 41.3. The van der Waals surface area contributed by atoms with E-state index in [9.17, 15) is 8.42 Å². The van der Waals surface area contributed by atoms with Gasteiger partial charge in [0.05, 0.1) is 30.7 Å². The molecule has 2 aromatic carbocycles. The number of nitrogens with zero attached hydrogens (tertiary/aromatic N) is 2. The third-order valence-electron chi connectivity index (χ3n) is 7.36. The Bertz CT molecular complexity index is 1260. The fraction of sp³-hybridized carbons (Fsp3) is 0.515. The monoisotopic (exact) mass is 612 g/mol. The van der Waals surface area contributed by atoms with Crippen molar-refractivity contribution in [3.8, 4) is 11.5 Å². The first-order valence-corrected chi connectivity index (χ1v) is 16.5. The van der Waals surface area contributed by atoms with Crippen LogP contribution in [0.1, 0.15) is 87.7 Å². The Morgan fingerprint density at radius 1 is 0.721 bits per heavy atom. The number of benzene rings is 2. The standard InChI is InChI=1S/C33H48N4O5S/c1-33(2,28-13-17-32(18-14-28)42-26-30-24-35-23-29(37-30)25-36-43(38)39)27-11-15-31(16-12-27)41-22-9-6-4-3-5-8-20-40-21-10-7-19-34/h11-18,23-24,43H,3-10,19-22,25-26,34H2,1-2H3,(H,36,38,39). The fourth-order valence-corrected chi connectivity index (χ4v) is 4.96. The predicted octanol–water partition coefficient (Wildman–Crippen LogP) is 5.47. The first kappa shape index (κ1) is 34.4. The van der Waals surface area contributed by atoms with Gasteiger partial charge in [0.2, 0.25) is 10.9 Å². The van der Waals surface area contributed by atoms with Crippen LogP contribution in [-0.2, 0) is 34.2 Å². The van der Waals surface area contributed by atoms with Crippen molar-refractivity contribution in [3.63, 3.8) is 0 Å². The van der Waals surface area contributed by atoms with Gasteiger partial charge in [0, 0.05) is 24.8 Å². The maximum absolute atomic E-state index is 10.7. The third kappa shape index (κ3) is 13.0. The highest BCUT2D eigenvalue weighted by atomic mass is 32.2. The van der Waals surface area contributed by atoms with Gasteiger partial charge in [-0.05, 0) is 67.6 Å². The summed E-state index contributed by atoms with van der Waals surface area (Å²) in [6.45, 7) is 7.94. The second-order valence-electron chi connectivity index (χ2n) is 11.1. The van der Waals surface area contributed by atoms with Crippen molar-refractivity contribution in [1.29, 1.82) is 0 Å². The van der Waals surface area contributed by atoms with Crippen molar-refractivity contribution in [3.05, 3.63) is 83.4 Å². The van der Waals surface area contributed by atoms with Crippen molar-refractivity contribution in [1.82, 2.24) is 14.7 Å². The lowest BCUT2D eigenvalue weighted by Gasteiger charge is -2.26. The molecule has 0 saturated heterocycles. The van der Waals surface area contributed by atoms with Crippen LogP contribution in [0, 0.1) is 0 Å². The summed E-state index contributed by atoms with van der Waals surface area (Å²) in [7, 11) is -2.68. The molecular weight excluding hydrogens is 564 g/mol. The number of aromatic nitrogens is 2. The van der Waals surface area contributed by atoms with Crippen LogP contribution in [0.3, 0.4) is 0 Å². The number of ether oxygens (including phenoxy) is 3. The molecule has 236 valence electrons. The minimum atomic E-state index is -2.68. The Kier molecular flexibility index (Phi) is 15.4. The number of unbranched alkanes of at least 4 members (excludes halogenated alkanes) is 6. The number of hydrogen-bond donors (Lipinski definition) is 3. The second kappa shape index (κ2) is 19.3. The van der Waals surface area contributed by atoms with Crippen molar-refractivity contribution in [2.45, 2.75) is 83.8 Å². The average molecular weight is 613 g/mol. The van der Waals surface area contributed by atoms with E-state index in [-0.39, 0.29) is 18.6 Å². The maximum Gasteiger partial charge on any atom is 0.201 e. The Morgan fingerprint density at radius 3 is 1.86 bits per heavy atom. The van der Waals surface area contributed by atoms with Crippen LogP contribution in [0.25, 0.3) is 0 Å². The first-order chi connectivity index (χ1) is 20.9. The summed E-state index contributed by atoms with van der Waals surface area (Å²) in [6, 6.07) is 16.5. The molecule has 3 rings (SSSR count). The first-order valence-electron chi connectivity index (χ1n) is 15.3. The van der Waals surface area contributed by atoms with E-state index in [1.165, 1.54) is 43.0 Å². The van der Waals surface area contributed by atoms with Crippen LogP contribution >= 0.6 is 0 Å². The lowest BCUT2D eigenvalue weighted by Crippen LogP contribution is -2.18. The smallest absolute Gasteiger partial charge is 0.201 e. The topological polar surface area (TPSA) is 126 Å². The molecule has 0 atom stereocenters. The van der Waals surface area contributed by atoms with Gasteiger partial charge < -0.3 is 19.9 Å². The molecule has 1 heterocycles. The maximum atomic E-state index is 10.7. The highest BCUT2D eigenvalue weighted by Crippen LogP contribution is 2.33. The number of rotatable bonds is 22. The quantitative estimate of drug-likeness (QED) is 0.101. The number of nitrogens with two attached hydrogens (primary N) is 1. The minimum absolute atomic E-state index is 0.102. The normalized spacial score (nSPS) is 11.6. The minimum Gasteiger partial charge on any atom is -0.494 e. The van der Waals surface area contributed by atoms with Crippen LogP contribution in [0.4, 0.5) is 0 Å². The van der Waals surface area contributed by atoms with E-state index in [4.69, 9.17) is 19.9 Å². The molecule has 0 spiro atoms. The van der Waals surface area contributed by atoms with E-state index in [1.807, 2.05) is 12.1 Å². The van der Waals surface area contributed by atoms with Gasteiger partial charge in [-0.1, -0.05) is 63.8 Å². The zero-order valence-electron chi connectivity index (χ0n) is 25.6. The van der Waals surface area contributed by atoms with E-state index in [1.54, 1.807) is 6.20 Å². The molecular formula is C33H48N4O5S. The zero-order chi connectivity index (χ0) is 30.8. The van der Waals surface area contributed by atoms with Gasteiger partial charge >= 0.3 is 0 Å². The van der Waals surface area contributed by atoms with Crippen molar-refractivity contribution < 1.29 is 22.6 Å². The summed E-state index contributed by atoms with van der Waals surface area (Å²) in [4.78, 5) is 8.50. The highest BCUT2D eigenvalue weighted by Gasteiger charge is 2.23. The number of nitrogens with one attached hydrogen (secondary N) is 1. The van der Waals surface area contributed by atoms with Gasteiger partial charge in [-0.25, -0.2) is 18.1 Å². The van der Waals surface area contributed by atoms with Gasteiger partial charge in [-0.3, -0.25) is 4.98 Å². The van der Waals surface area contributed by atoms with Crippen molar-refractivity contribution in [2.75, 3.05) is 26.4 Å². The Labute approximate surface area is 258 Å². The van der Waals surface area contributed by atoms with E-state index in [0.29, 0.717) is 11.4 Å². The molecule has 0 amide bonds. The molecule has 0 bridgehead atoms. The Balaban J connectivity index is 1.35. The molecule has 0 aliphatic heterocycles. The largest absolute Gasteiger partial charge is 0.494 e. The highest BCUT2D eigenvalue weighted by molar-refractivity contribution is 7.70. The average Bonchev–Trinajstić information content (AvgIpc) is 3.02. The van der Waals surface area contributed by atoms with Crippen LogP contribution in [0.15, 0.2) is 60.9 Å². The molecule has 0 aliphatic rings. The van der Waals surface area contributed by atoms with E-state index >= 15 is 0 Å². The summed E-state index contributed by atoms with van der Waals surface area (Å²) >= 11 is 0. The lowest BCUT2D eigenvalue weighted by molar-refractivity contribution is 0.126. The molecule has 43 heavy (non-hydrogen) atoms. The van der Waals surface area contributed by atoms with E-state index < -0.39 is 10.9 Å². The summed E-state index contributed by atoms with van der Waals surface area (Å²) in [5.74, 6) is 1.62. The molecule has 9 nitrogen and oxygen atoms in total. The Hall–Kier alpha value is -3.05. The van der Waals surface area contributed by atoms with Gasteiger partial charge in [0.15, 0.2) is 0 Å². The SMILES string of the molecule is CC(C)(c1ccc(OCCCCCCCCOCCCCN)cc1)c1ccc(OCc2cncc(CN[SH](=O)=O)n2)cc1. The summed E-state index contributed by atoms with van der Waals surface area (Å²) in [6.07, 6.45) is 12.3. The molecule has 0 unspecified atom stereocenters. The van der Waals surface area contributed by atoms with Crippen molar-refractivity contribution >= 4 is 10.9 Å². The van der Waals surface area contributed by atoms with Crippen LogP contribution < -0.4 is 19.9 Å².